The molecule has 1 unspecified atom stereocenters. The number of hydrogen-bond acceptors (Lipinski definition) is 2. The zero-order chi connectivity index (χ0) is 10.4. The van der Waals surface area contributed by atoms with Gasteiger partial charge in [0.05, 0.1) is 12.8 Å². The van der Waals surface area contributed by atoms with Crippen LogP contribution in [0.1, 0.15) is 18.1 Å². The summed E-state index contributed by atoms with van der Waals surface area (Å²) in [6.45, 7) is -0.556. The zero-order valence-electron chi connectivity index (χ0n) is 7.47. The van der Waals surface area contributed by atoms with Crippen molar-refractivity contribution in [3.63, 3.8) is 0 Å². The van der Waals surface area contributed by atoms with E-state index in [0.717, 1.165) is 0 Å². The molecular weight excluding hydrogens is 185 g/mol. The third-order valence-electron chi connectivity index (χ3n) is 1.82. The predicted molar refractivity (Wildman–Crippen MR) is 50.8 cm³/mol. The standard InChI is InChI=1S/C9H10FN3O/c10-6-5-9(14)7-1-3-8(4-2-7)12-13-11/h1-4,9,14H,5-6H2. The number of halogens is 1. The lowest BCUT2D eigenvalue weighted by Gasteiger charge is -2.07. The first kappa shape index (κ1) is 10.5. The Balaban J connectivity index is 2.77. The van der Waals surface area contributed by atoms with E-state index in [1.54, 1.807) is 24.3 Å². The molecule has 0 radical (unpaired) electrons. The first-order valence-electron chi connectivity index (χ1n) is 4.17. The fourth-order valence-corrected chi connectivity index (χ4v) is 1.08. The van der Waals surface area contributed by atoms with Crippen LogP contribution in [0.4, 0.5) is 10.1 Å². The molecule has 0 aliphatic heterocycles. The molecule has 1 aromatic carbocycles. The van der Waals surface area contributed by atoms with Crippen molar-refractivity contribution in [2.45, 2.75) is 12.5 Å². The summed E-state index contributed by atoms with van der Waals surface area (Å²) in [5.74, 6) is 0. The van der Waals surface area contributed by atoms with E-state index in [1.165, 1.54) is 0 Å². The summed E-state index contributed by atoms with van der Waals surface area (Å²) < 4.78 is 11.9. The number of aliphatic hydroxyl groups excluding tert-OH is 1. The van der Waals surface area contributed by atoms with Gasteiger partial charge in [0.1, 0.15) is 0 Å². The lowest BCUT2D eigenvalue weighted by atomic mass is 10.1. The Morgan fingerprint density at radius 1 is 1.43 bits per heavy atom. The molecule has 14 heavy (non-hydrogen) atoms. The van der Waals surface area contributed by atoms with Gasteiger partial charge in [0, 0.05) is 17.0 Å². The van der Waals surface area contributed by atoms with Crippen molar-refractivity contribution in [1.29, 1.82) is 0 Å². The number of rotatable bonds is 4. The van der Waals surface area contributed by atoms with E-state index in [9.17, 15) is 9.50 Å². The van der Waals surface area contributed by atoms with Gasteiger partial charge < -0.3 is 5.11 Å². The molecule has 74 valence electrons. The molecule has 0 amide bonds. The van der Waals surface area contributed by atoms with Crippen LogP contribution in [0.2, 0.25) is 0 Å². The lowest BCUT2D eigenvalue weighted by molar-refractivity contribution is 0.156. The van der Waals surface area contributed by atoms with Crippen molar-refractivity contribution in [3.8, 4) is 0 Å². The summed E-state index contributed by atoms with van der Waals surface area (Å²) in [6, 6.07) is 6.39. The zero-order valence-corrected chi connectivity index (χ0v) is 7.47. The van der Waals surface area contributed by atoms with Crippen LogP contribution in [0.15, 0.2) is 29.4 Å². The van der Waals surface area contributed by atoms with Gasteiger partial charge in [0.15, 0.2) is 0 Å². The third-order valence-corrected chi connectivity index (χ3v) is 1.82. The highest BCUT2D eigenvalue weighted by molar-refractivity contribution is 5.39. The Morgan fingerprint density at radius 3 is 2.57 bits per heavy atom. The van der Waals surface area contributed by atoms with Crippen molar-refractivity contribution in [1.82, 2.24) is 0 Å². The molecule has 0 saturated carbocycles. The van der Waals surface area contributed by atoms with Crippen LogP contribution in [-0.2, 0) is 0 Å². The van der Waals surface area contributed by atoms with Gasteiger partial charge in [0.25, 0.3) is 0 Å². The Kier molecular flexibility index (Phi) is 3.91. The second kappa shape index (κ2) is 5.21. The van der Waals surface area contributed by atoms with Gasteiger partial charge in [-0.2, -0.15) is 0 Å². The van der Waals surface area contributed by atoms with E-state index in [0.29, 0.717) is 11.3 Å². The highest BCUT2D eigenvalue weighted by atomic mass is 19.1. The molecule has 0 aliphatic carbocycles. The third kappa shape index (κ3) is 2.73. The molecule has 0 fully saturated rings. The second-order valence-electron chi connectivity index (χ2n) is 2.77. The lowest BCUT2D eigenvalue weighted by Crippen LogP contribution is -1.97. The summed E-state index contributed by atoms with van der Waals surface area (Å²) in [5, 5.41) is 12.8. The second-order valence-corrected chi connectivity index (χ2v) is 2.77. The van der Waals surface area contributed by atoms with E-state index >= 15 is 0 Å². The van der Waals surface area contributed by atoms with Crippen molar-refractivity contribution in [3.05, 3.63) is 40.3 Å². The Hall–Kier alpha value is -1.58. The van der Waals surface area contributed by atoms with E-state index in [-0.39, 0.29) is 6.42 Å². The van der Waals surface area contributed by atoms with Crippen LogP contribution in [0.5, 0.6) is 0 Å². The molecule has 1 aromatic rings. The SMILES string of the molecule is [N-]=[N+]=Nc1ccc(C(O)CCF)cc1. The average Bonchev–Trinajstić information content (AvgIpc) is 2.20. The normalized spacial score (nSPS) is 11.9. The number of benzene rings is 1. The quantitative estimate of drug-likeness (QED) is 0.447. The van der Waals surface area contributed by atoms with Crippen LogP contribution in [0.25, 0.3) is 10.4 Å². The highest BCUT2D eigenvalue weighted by Gasteiger charge is 2.05. The minimum absolute atomic E-state index is 0.0842. The molecule has 1 rings (SSSR count). The number of hydrogen-bond donors (Lipinski definition) is 1. The largest absolute Gasteiger partial charge is 0.388 e. The smallest absolute Gasteiger partial charge is 0.0922 e. The maximum atomic E-state index is 11.9. The summed E-state index contributed by atoms with van der Waals surface area (Å²) in [5.41, 5.74) is 9.24. The Morgan fingerprint density at radius 2 is 2.07 bits per heavy atom. The number of azide groups is 1. The maximum Gasteiger partial charge on any atom is 0.0922 e. The van der Waals surface area contributed by atoms with Gasteiger partial charge in [-0.1, -0.05) is 29.4 Å². The van der Waals surface area contributed by atoms with Crippen molar-refractivity contribution in [2.75, 3.05) is 6.67 Å². The van der Waals surface area contributed by atoms with E-state index < -0.39 is 12.8 Å². The van der Waals surface area contributed by atoms with E-state index in [4.69, 9.17) is 5.53 Å². The maximum absolute atomic E-state index is 11.9. The molecule has 0 bridgehead atoms. The molecular formula is C9H10FN3O. The van der Waals surface area contributed by atoms with Gasteiger partial charge in [-0.05, 0) is 11.1 Å². The Bertz CT molecular complexity index is 332. The van der Waals surface area contributed by atoms with Gasteiger partial charge in [-0.3, -0.25) is 4.39 Å². The summed E-state index contributed by atoms with van der Waals surface area (Å²) in [4.78, 5) is 2.62. The molecule has 0 aromatic heterocycles. The van der Waals surface area contributed by atoms with Crippen LogP contribution in [0, 0.1) is 0 Å². The van der Waals surface area contributed by atoms with Crippen molar-refractivity contribution in [2.24, 2.45) is 5.11 Å². The summed E-state index contributed by atoms with van der Waals surface area (Å²) in [6.07, 6.45) is -0.707. The monoisotopic (exact) mass is 195 g/mol. The van der Waals surface area contributed by atoms with Crippen molar-refractivity contribution >= 4 is 5.69 Å². The molecule has 4 nitrogen and oxygen atoms in total. The molecule has 0 heterocycles. The van der Waals surface area contributed by atoms with Crippen LogP contribution in [-0.4, -0.2) is 11.8 Å². The Labute approximate surface area is 80.6 Å². The minimum atomic E-state index is -0.792. The summed E-state index contributed by atoms with van der Waals surface area (Å²) >= 11 is 0. The van der Waals surface area contributed by atoms with E-state index in [1.807, 2.05) is 0 Å². The van der Waals surface area contributed by atoms with Gasteiger partial charge >= 0.3 is 0 Å². The number of nitrogens with zero attached hydrogens (tertiary/aromatic N) is 3. The number of alkyl halides is 1. The van der Waals surface area contributed by atoms with E-state index in [2.05, 4.69) is 10.0 Å². The molecule has 1 N–H and O–H groups in total. The molecule has 0 saturated heterocycles. The topological polar surface area (TPSA) is 69.0 Å². The molecule has 0 aliphatic rings. The molecule has 1 atom stereocenters. The first-order chi connectivity index (χ1) is 6.77. The first-order valence-corrected chi connectivity index (χ1v) is 4.17. The summed E-state index contributed by atoms with van der Waals surface area (Å²) in [7, 11) is 0. The van der Waals surface area contributed by atoms with Crippen LogP contribution in [0.3, 0.4) is 0 Å². The van der Waals surface area contributed by atoms with Gasteiger partial charge in [-0.15, -0.1) is 0 Å². The van der Waals surface area contributed by atoms with Crippen LogP contribution < -0.4 is 0 Å². The van der Waals surface area contributed by atoms with Crippen LogP contribution >= 0.6 is 0 Å². The molecule has 5 heteroatoms. The van der Waals surface area contributed by atoms with Gasteiger partial charge in [-0.25, -0.2) is 0 Å². The number of aliphatic hydroxyl groups is 1. The highest BCUT2D eigenvalue weighted by Crippen LogP contribution is 2.20. The average molecular weight is 195 g/mol. The fourth-order valence-electron chi connectivity index (χ4n) is 1.08. The minimum Gasteiger partial charge on any atom is -0.388 e. The molecule has 0 spiro atoms. The van der Waals surface area contributed by atoms with Crippen molar-refractivity contribution < 1.29 is 9.50 Å². The fraction of sp³-hybridized carbons (Fsp3) is 0.333. The van der Waals surface area contributed by atoms with Gasteiger partial charge in [0.2, 0.25) is 0 Å². The predicted octanol–water partition coefficient (Wildman–Crippen LogP) is 3.02.